The van der Waals surface area contributed by atoms with Gasteiger partial charge in [-0.1, -0.05) is 41.9 Å². The van der Waals surface area contributed by atoms with Gasteiger partial charge in [0.1, 0.15) is 0 Å². The van der Waals surface area contributed by atoms with Gasteiger partial charge in [-0.3, -0.25) is 10.1 Å². The molecule has 1 aliphatic heterocycles. The molecule has 0 N–H and O–H groups in total. The minimum absolute atomic E-state index is 0.0251. The number of hydrogen-bond donors (Lipinski definition) is 0. The second-order valence-corrected chi connectivity index (χ2v) is 5.08. The maximum Gasteiger partial charge on any atom is 0.363 e. The minimum atomic E-state index is -0.599. The Morgan fingerprint density at radius 2 is 1.91 bits per heavy atom. The topological polar surface area (TPSA) is 81.8 Å². The Balaban J connectivity index is 1.96. The lowest BCUT2D eigenvalue weighted by Crippen LogP contribution is -2.06. The number of nitrogens with zero attached hydrogens (tertiary/aromatic N) is 2. The van der Waals surface area contributed by atoms with E-state index in [1.165, 1.54) is 18.2 Å². The number of esters is 1. The van der Waals surface area contributed by atoms with Crippen LogP contribution < -0.4 is 0 Å². The molecule has 0 bridgehead atoms. The number of non-ortho nitro benzene ring substituents is 1. The van der Waals surface area contributed by atoms with Gasteiger partial charge in [0.05, 0.1) is 15.5 Å². The van der Waals surface area contributed by atoms with Crippen molar-refractivity contribution in [1.29, 1.82) is 0 Å². The van der Waals surface area contributed by atoms with Crippen LogP contribution in [-0.4, -0.2) is 16.8 Å². The molecule has 0 amide bonds. The molecule has 3 rings (SSSR count). The maximum absolute atomic E-state index is 11.9. The predicted molar refractivity (Wildman–Crippen MR) is 85.2 cm³/mol. The van der Waals surface area contributed by atoms with Gasteiger partial charge >= 0.3 is 5.97 Å². The monoisotopic (exact) mass is 328 g/mol. The summed E-state index contributed by atoms with van der Waals surface area (Å²) in [7, 11) is 0. The first kappa shape index (κ1) is 14.9. The molecule has 0 atom stereocenters. The summed E-state index contributed by atoms with van der Waals surface area (Å²) in [6.45, 7) is 0. The van der Waals surface area contributed by atoms with Gasteiger partial charge in [0.25, 0.3) is 5.69 Å². The average molecular weight is 329 g/mol. The van der Waals surface area contributed by atoms with E-state index in [9.17, 15) is 14.9 Å². The number of halogens is 1. The number of aliphatic imine (C=N–C) groups is 1. The normalized spacial score (nSPS) is 15.4. The van der Waals surface area contributed by atoms with Crippen molar-refractivity contribution in [3.63, 3.8) is 0 Å². The van der Waals surface area contributed by atoms with Crippen molar-refractivity contribution in [3.8, 4) is 0 Å². The van der Waals surface area contributed by atoms with Gasteiger partial charge in [0.15, 0.2) is 5.70 Å². The molecule has 0 fully saturated rings. The summed E-state index contributed by atoms with van der Waals surface area (Å²) >= 11 is 6.01. The summed E-state index contributed by atoms with van der Waals surface area (Å²) in [5.74, 6) is -0.574. The standard InChI is InChI=1S/C16H9ClN2O4/c17-13-9-11(19(21)22)6-7-12(13)15-18-14(16(20)23-15)8-10-4-2-1-3-5-10/h1-9H. The van der Waals surface area contributed by atoms with Crippen LogP contribution in [0, 0.1) is 10.1 Å². The van der Waals surface area contributed by atoms with Gasteiger partial charge < -0.3 is 4.74 Å². The van der Waals surface area contributed by atoms with E-state index < -0.39 is 10.9 Å². The van der Waals surface area contributed by atoms with Crippen molar-refractivity contribution >= 4 is 35.2 Å². The van der Waals surface area contributed by atoms with Gasteiger partial charge in [-0.25, -0.2) is 9.79 Å². The lowest BCUT2D eigenvalue weighted by molar-refractivity contribution is -0.384. The molecule has 114 valence electrons. The van der Waals surface area contributed by atoms with E-state index in [-0.39, 0.29) is 22.3 Å². The van der Waals surface area contributed by atoms with Crippen LogP contribution in [-0.2, 0) is 9.53 Å². The number of benzene rings is 2. The molecule has 1 heterocycles. The number of rotatable bonds is 3. The maximum atomic E-state index is 11.9. The Kier molecular flexibility index (Phi) is 3.91. The lowest BCUT2D eigenvalue weighted by atomic mass is 10.2. The van der Waals surface area contributed by atoms with Gasteiger partial charge in [0.2, 0.25) is 5.90 Å². The molecule has 0 saturated heterocycles. The summed E-state index contributed by atoms with van der Waals surface area (Å²) in [5, 5.41) is 10.8. The third-order valence-corrected chi connectivity index (χ3v) is 3.43. The zero-order valence-electron chi connectivity index (χ0n) is 11.6. The van der Waals surface area contributed by atoms with Crippen molar-refractivity contribution in [2.24, 2.45) is 4.99 Å². The van der Waals surface area contributed by atoms with E-state index >= 15 is 0 Å². The highest BCUT2D eigenvalue weighted by atomic mass is 35.5. The van der Waals surface area contributed by atoms with Gasteiger partial charge in [-0.2, -0.15) is 0 Å². The van der Waals surface area contributed by atoms with Crippen LogP contribution in [0.1, 0.15) is 11.1 Å². The quantitative estimate of drug-likeness (QED) is 0.373. The summed E-state index contributed by atoms with van der Waals surface area (Å²) in [5.41, 5.74) is 1.12. The average Bonchev–Trinajstić information content (AvgIpc) is 2.89. The number of ether oxygens (including phenoxy) is 1. The summed E-state index contributed by atoms with van der Waals surface area (Å²) in [4.78, 5) is 26.2. The highest BCUT2D eigenvalue weighted by Gasteiger charge is 2.26. The molecule has 6 nitrogen and oxygen atoms in total. The van der Waals surface area contributed by atoms with E-state index in [1.807, 2.05) is 30.3 Å². The molecule has 0 saturated carbocycles. The third kappa shape index (κ3) is 3.12. The third-order valence-electron chi connectivity index (χ3n) is 3.12. The van der Waals surface area contributed by atoms with Crippen molar-refractivity contribution in [3.05, 3.63) is 80.5 Å². The largest absolute Gasteiger partial charge is 0.402 e. The first-order valence-electron chi connectivity index (χ1n) is 6.56. The van der Waals surface area contributed by atoms with E-state index in [4.69, 9.17) is 16.3 Å². The van der Waals surface area contributed by atoms with E-state index in [0.717, 1.165) is 5.56 Å². The molecule has 7 heteroatoms. The number of carbonyl (C=O) groups is 1. The second kappa shape index (κ2) is 6.02. The van der Waals surface area contributed by atoms with Crippen LogP contribution in [0.15, 0.2) is 59.2 Å². The Labute approximate surface area is 135 Å². The van der Waals surface area contributed by atoms with E-state index in [1.54, 1.807) is 6.08 Å². The fraction of sp³-hybridized carbons (Fsp3) is 0. The first-order valence-corrected chi connectivity index (χ1v) is 6.94. The zero-order chi connectivity index (χ0) is 16.4. The van der Waals surface area contributed by atoms with Crippen LogP contribution in [0.5, 0.6) is 0 Å². The Morgan fingerprint density at radius 1 is 1.17 bits per heavy atom. The number of nitro benzene ring substituents is 1. The molecule has 0 aromatic heterocycles. The number of hydrogen-bond acceptors (Lipinski definition) is 5. The van der Waals surface area contributed by atoms with Crippen LogP contribution in [0.25, 0.3) is 6.08 Å². The molecule has 0 aliphatic carbocycles. The van der Waals surface area contributed by atoms with Crippen molar-refractivity contribution in [2.45, 2.75) is 0 Å². The highest BCUT2D eigenvalue weighted by Crippen LogP contribution is 2.27. The van der Waals surface area contributed by atoms with Gasteiger partial charge in [-0.05, 0) is 17.7 Å². The highest BCUT2D eigenvalue weighted by molar-refractivity contribution is 6.34. The molecule has 0 spiro atoms. The molecule has 1 aliphatic rings. The minimum Gasteiger partial charge on any atom is -0.402 e. The van der Waals surface area contributed by atoms with Crippen molar-refractivity contribution in [1.82, 2.24) is 0 Å². The van der Waals surface area contributed by atoms with E-state index in [0.29, 0.717) is 5.56 Å². The molecule has 23 heavy (non-hydrogen) atoms. The van der Waals surface area contributed by atoms with E-state index in [2.05, 4.69) is 4.99 Å². The van der Waals surface area contributed by atoms with Gasteiger partial charge in [-0.15, -0.1) is 0 Å². The number of cyclic esters (lactones) is 1. The summed E-state index contributed by atoms with van der Waals surface area (Å²) in [6.07, 6.45) is 1.59. The van der Waals surface area contributed by atoms with Crippen LogP contribution >= 0.6 is 11.6 Å². The van der Waals surface area contributed by atoms with Crippen LogP contribution in [0.2, 0.25) is 5.02 Å². The molecule has 0 radical (unpaired) electrons. The summed E-state index contributed by atoms with van der Waals surface area (Å²) < 4.78 is 5.10. The zero-order valence-corrected chi connectivity index (χ0v) is 12.4. The van der Waals surface area contributed by atoms with Crippen molar-refractivity contribution < 1.29 is 14.5 Å². The second-order valence-electron chi connectivity index (χ2n) is 4.67. The fourth-order valence-electron chi connectivity index (χ4n) is 2.02. The number of carbonyl (C=O) groups excluding carboxylic acids is 1. The predicted octanol–water partition coefficient (Wildman–Crippen LogP) is 3.59. The summed E-state index contributed by atoms with van der Waals surface area (Å²) in [6, 6.07) is 13.1. The smallest absolute Gasteiger partial charge is 0.363 e. The van der Waals surface area contributed by atoms with Gasteiger partial charge in [0, 0.05) is 12.1 Å². The number of nitro groups is 1. The van der Waals surface area contributed by atoms with Crippen LogP contribution in [0.3, 0.4) is 0 Å². The molecular weight excluding hydrogens is 320 g/mol. The molecule has 2 aromatic rings. The SMILES string of the molecule is O=C1OC(c2ccc([N+](=O)[O-])cc2Cl)=NC1=Cc1ccccc1. The molecular formula is C16H9ClN2O4. The Bertz CT molecular complexity index is 860. The van der Waals surface area contributed by atoms with Crippen LogP contribution in [0.4, 0.5) is 5.69 Å². The Morgan fingerprint density at radius 3 is 2.57 bits per heavy atom. The molecule has 0 unspecified atom stereocenters. The lowest BCUT2D eigenvalue weighted by Gasteiger charge is -2.02. The first-order chi connectivity index (χ1) is 11.0. The fourth-order valence-corrected chi connectivity index (χ4v) is 2.28. The Hall–Kier alpha value is -2.99. The van der Waals surface area contributed by atoms with Crippen molar-refractivity contribution in [2.75, 3.05) is 0 Å². The molecule has 2 aromatic carbocycles.